The van der Waals surface area contributed by atoms with Gasteiger partial charge in [0.1, 0.15) is 17.7 Å². The number of ether oxygens (including phenoxy) is 1. The normalized spacial score (nSPS) is 10.7. The molecule has 0 aliphatic carbocycles. The lowest BCUT2D eigenvalue weighted by Crippen LogP contribution is -1.84. The molecule has 0 radical (unpaired) electrons. The molecule has 4 aromatic rings. The maximum atomic E-state index is 5.37. The largest absolute Gasteiger partial charge is 0.497 e. The molecule has 0 spiro atoms. The van der Waals surface area contributed by atoms with Crippen LogP contribution in [0.2, 0.25) is 0 Å². The van der Waals surface area contributed by atoms with E-state index >= 15 is 0 Å². The van der Waals surface area contributed by atoms with Crippen LogP contribution in [0.3, 0.4) is 0 Å². The van der Waals surface area contributed by atoms with Crippen LogP contribution in [0.4, 0.5) is 0 Å². The van der Waals surface area contributed by atoms with Gasteiger partial charge in [0.15, 0.2) is 0 Å². The summed E-state index contributed by atoms with van der Waals surface area (Å²) >= 11 is 0. The molecule has 0 unspecified atom stereocenters. The van der Waals surface area contributed by atoms with E-state index in [-0.39, 0.29) is 0 Å². The molecule has 0 saturated heterocycles. The molecule has 0 bridgehead atoms. The minimum absolute atomic E-state index is 0.465. The van der Waals surface area contributed by atoms with Crippen molar-refractivity contribution in [3.8, 4) is 39.8 Å². The fraction of sp³-hybridized carbons (Fsp3) is 0.0556. The van der Waals surface area contributed by atoms with Crippen molar-refractivity contribution in [2.24, 2.45) is 0 Å². The van der Waals surface area contributed by atoms with Gasteiger partial charge in [-0.15, -0.1) is 0 Å². The average Bonchev–Trinajstić information content (AvgIpc) is 3.34. The maximum Gasteiger partial charge on any atom is 0.258 e. The van der Waals surface area contributed by atoms with E-state index in [1.54, 1.807) is 13.4 Å². The lowest BCUT2D eigenvalue weighted by Gasteiger charge is -1.99. The zero-order valence-electron chi connectivity index (χ0n) is 12.8. The summed E-state index contributed by atoms with van der Waals surface area (Å²) in [7, 11) is 1.63. The first kappa shape index (κ1) is 14.2. The van der Waals surface area contributed by atoms with Crippen molar-refractivity contribution in [3.63, 3.8) is 0 Å². The first-order chi connectivity index (χ1) is 11.8. The summed E-state index contributed by atoms with van der Waals surface area (Å²) in [6.45, 7) is 0. The Labute approximate surface area is 137 Å². The molecule has 6 nitrogen and oxygen atoms in total. The standard InChI is InChI=1S/C18H13N3O3/c1-22-15-8-6-13(7-9-15)17-19-18(24-21-17)14-4-2-12(3-5-14)16-10-11-23-20-16/h2-11H,1H3. The van der Waals surface area contributed by atoms with Gasteiger partial charge in [-0.1, -0.05) is 22.4 Å². The summed E-state index contributed by atoms with van der Waals surface area (Å²) < 4.78 is 15.4. The van der Waals surface area contributed by atoms with Gasteiger partial charge in [-0.2, -0.15) is 4.98 Å². The number of benzene rings is 2. The summed E-state index contributed by atoms with van der Waals surface area (Å²) in [5.41, 5.74) is 3.45. The van der Waals surface area contributed by atoms with Crippen LogP contribution in [0.15, 0.2) is 69.9 Å². The molecule has 0 aliphatic heterocycles. The first-order valence-electron chi connectivity index (χ1n) is 7.33. The van der Waals surface area contributed by atoms with Gasteiger partial charge in [0, 0.05) is 22.8 Å². The molecule has 0 amide bonds. The monoisotopic (exact) mass is 319 g/mol. The van der Waals surface area contributed by atoms with Crippen LogP contribution >= 0.6 is 0 Å². The Morgan fingerprint density at radius 1 is 0.792 bits per heavy atom. The van der Waals surface area contributed by atoms with Crippen molar-refractivity contribution in [2.75, 3.05) is 7.11 Å². The van der Waals surface area contributed by atoms with Crippen LogP contribution in [0, 0.1) is 0 Å². The van der Waals surface area contributed by atoms with E-state index in [4.69, 9.17) is 13.8 Å². The summed E-state index contributed by atoms with van der Waals surface area (Å²) in [6.07, 6.45) is 1.54. The lowest BCUT2D eigenvalue weighted by molar-refractivity contribution is 0.415. The second-order valence-electron chi connectivity index (χ2n) is 5.11. The van der Waals surface area contributed by atoms with Crippen LogP contribution in [0.5, 0.6) is 5.75 Å². The van der Waals surface area contributed by atoms with Crippen LogP contribution in [-0.4, -0.2) is 22.4 Å². The van der Waals surface area contributed by atoms with Crippen LogP contribution < -0.4 is 4.74 Å². The molecule has 0 atom stereocenters. The summed E-state index contributed by atoms with van der Waals surface area (Å²) in [5, 5.41) is 7.95. The first-order valence-corrected chi connectivity index (χ1v) is 7.33. The molecular formula is C18H13N3O3. The van der Waals surface area contributed by atoms with Gasteiger partial charge in [0.25, 0.3) is 5.89 Å². The van der Waals surface area contributed by atoms with Gasteiger partial charge in [0.2, 0.25) is 5.82 Å². The zero-order valence-corrected chi connectivity index (χ0v) is 12.8. The quantitative estimate of drug-likeness (QED) is 0.564. The Morgan fingerprint density at radius 3 is 2.17 bits per heavy atom. The Bertz CT molecular complexity index is 927. The minimum atomic E-state index is 0.465. The van der Waals surface area contributed by atoms with E-state index in [2.05, 4.69) is 15.3 Å². The van der Waals surface area contributed by atoms with Crippen LogP contribution in [-0.2, 0) is 0 Å². The van der Waals surface area contributed by atoms with E-state index in [9.17, 15) is 0 Å². The highest BCUT2D eigenvalue weighted by Crippen LogP contribution is 2.26. The van der Waals surface area contributed by atoms with E-state index in [0.717, 1.165) is 28.1 Å². The van der Waals surface area contributed by atoms with Crippen molar-refractivity contribution in [1.82, 2.24) is 15.3 Å². The SMILES string of the molecule is COc1ccc(-c2noc(-c3ccc(-c4ccon4)cc3)n2)cc1. The van der Waals surface area contributed by atoms with Crippen LogP contribution in [0.25, 0.3) is 34.1 Å². The Balaban J connectivity index is 1.60. The highest BCUT2D eigenvalue weighted by atomic mass is 16.5. The predicted octanol–water partition coefficient (Wildman–Crippen LogP) is 4.07. The topological polar surface area (TPSA) is 74.2 Å². The van der Waals surface area contributed by atoms with Gasteiger partial charge < -0.3 is 13.8 Å². The van der Waals surface area contributed by atoms with E-state index in [1.165, 1.54) is 0 Å². The molecule has 24 heavy (non-hydrogen) atoms. The molecule has 0 N–H and O–H groups in total. The third kappa shape index (κ3) is 2.65. The predicted molar refractivity (Wildman–Crippen MR) is 87.2 cm³/mol. The lowest BCUT2D eigenvalue weighted by atomic mass is 10.1. The molecule has 0 fully saturated rings. The van der Waals surface area contributed by atoms with Gasteiger partial charge in [-0.05, 0) is 36.4 Å². The molecule has 2 aromatic carbocycles. The minimum Gasteiger partial charge on any atom is -0.497 e. The molecule has 2 heterocycles. The van der Waals surface area contributed by atoms with Crippen molar-refractivity contribution < 1.29 is 13.8 Å². The number of rotatable bonds is 4. The summed E-state index contributed by atoms with van der Waals surface area (Å²) in [4.78, 5) is 4.45. The highest BCUT2D eigenvalue weighted by Gasteiger charge is 2.11. The van der Waals surface area contributed by atoms with Crippen molar-refractivity contribution in [1.29, 1.82) is 0 Å². The molecule has 2 aromatic heterocycles. The number of methoxy groups -OCH3 is 1. The molecule has 0 saturated carbocycles. The van der Waals surface area contributed by atoms with Gasteiger partial charge in [-0.25, -0.2) is 0 Å². The third-order valence-corrected chi connectivity index (χ3v) is 3.64. The Kier molecular flexibility index (Phi) is 3.55. The molecule has 118 valence electrons. The van der Waals surface area contributed by atoms with E-state index < -0.39 is 0 Å². The number of hydrogen-bond acceptors (Lipinski definition) is 6. The fourth-order valence-electron chi connectivity index (χ4n) is 2.34. The molecule has 0 aliphatic rings. The van der Waals surface area contributed by atoms with Gasteiger partial charge >= 0.3 is 0 Å². The van der Waals surface area contributed by atoms with Gasteiger partial charge in [0.05, 0.1) is 7.11 Å². The maximum absolute atomic E-state index is 5.37. The van der Waals surface area contributed by atoms with Gasteiger partial charge in [-0.3, -0.25) is 0 Å². The van der Waals surface area contributed by atoms with Crippen LogP contribution in [0.1, 0.15) is 0 Å². The average molecular weight is 319 g/mol. The smallest absolute Gasteiger partial charge is 0.258 e. The van der Waals surface area contributed by atoms with E-state index in [1.807, 2.05) is 54.6 Å². The Morgan fingerprint density at radius 2 is 1.50 bits per heavy atom. The fourth-order valence-corrected chi connectivity index (χ4v) is 2.34. The second kappa shape index (κ2) is 6.00. The molecule has 4 rings (SSSR count). The molecule has 6 heteroatoms. The summed E-state index contributed by atoms with van der Waals surface area (Å²) in [5.74, 6) is 1.78. The molecular weight excluding hydrogens is 306 g/mol. The van der Waals surface area contributed by atoms with E-state index in [0.29, 0.717) is 11.7 Å². The Hall–Kier alpha value is -3.41. The van der Waals surface area contributed by atoms with Crippen molar-refractivity contribution in [3.05, 3.63) is 60.9 Å². The van der Waals surface area contributed by atoms with Crippen molar-refractivity contribution in [2.45, 2.75) is 0 Å². The number of hydrogen-bond donors (Lipinski definition) is 0. The number of aromatic nitrogens is 3. The third-order valence-electron chi connectivity index (χ3n) is 3.64. The highest BCUT2D eigenvalue weighted by molar-refractivity contribution is 5.65. The number of nitrogens with zero attached hydrogens (tertiary/aromatic N) is 3. The summed E-state index contributed by atoms with van der Waals surface area (Å²) in [6, 6.07) is 17.0. The van der Waals surface area contributed by atoms with Crippen molar-refractivity contribution >= 4 is 0 Å². The second-order valence-corrected chi connectivity index (χ2v) is 5.11. The zero-order chi connectivity index (χ0) is 16.4.